The molecule has 0 fully saturated rings. The summed E-state index contributed by atoms with van der Waals surface area (Å²) in [5, 5.41) is 1.14. The summed E-state index contributed by atoms with van der Waals surface area (Å²) in [6, 6.07) is 63.4. The number of aromatic nitrogens is 6. The molecule has 0 N–H and O–H groups in total. The average Bonchev–Trinajstić information content (AvgIpc) is 3.95. The van der Waals surface area contributed by atoms with Gasteiger partial charge in [-0.3, -0.25) is 9.13 Å². The summed E-state index contributed by atoms with van der Waals surface area (Å²) >= 11 is 0. The van der Waals surface area contributed by atoms with E-state index in [0.717, 1.165) is 78.5 Å². The number of hydrogen-bond acceptors (Lipinski definition) is 2. The zero-order valence-corrected chi connectivity index (χ0v) is 34.4. The van der Waals surface area contributed by atoms with Crippen LogP contribution in [0.2, 0.25) is 0 Å². The van der Waals surface area contributed by atoms with E-state index in [1.54, 1.807) is 9.84 Å². The van der Waals surface area contributed by atoms with Crippen molar-refractivity contribution >= 4 is 69.0 Å². The monoisotopic (exact) mass is 902 g/mol. The SMILES string of the molecule is [3H]P.[BiH2].c1ccc(-n2c(-c3cc(-c4nc5ccccc5n4-c4ccccc4)cc(-[n+]4cc5ccccc5n4-c4ccccc4)c3)nc3ccccc32)cc1. The molecule has 0 amide bonds. The summed E-state index contributed by atoms with van der Waals surface area (Å²) in [6.45, 7) is 0. The number of imidazole rings is 2. The van der Waals surface area contributed by atoms with E-state index >= 15 is 0 Å². The van der Waals surface area contributed by atoms with Gasteiger partial charge in [0.1, 0.15) is 22.9 Å². The first-order chi connectivity index (χ1) is 26.3. The molecule has 0 saturated carbocycles. The van der Waals surface area contributed by atoms with Crippen LogP contribution < -0.4 is 4.68 Å². The molecule has 10 aromatic rings. The van der Waals surface area contributed by atoms with Crippen molar-refractivity contribution in [2.24, 2.45) is 0 Å². The van der Waals surface area contributed by atoms with E-state index in [4.69, 9.17) is 11.2 Å². The molecular weight excluding hydrogens is 864 g/mol. The fourth-order valence-electron chi connectivity index (χ4n) is 7.24. The van der Waals surface area contributed by atoms with Crippen LogP contribution in [0.3, 0.4) is 0 Å². The van der Waals surface area contributed by atoms with Crippen LogP contribution in [0.1, 0.15) is 0 Å². The van der Waals surface area contributed by atoms with Crippen molar-refractivity contribution in [2.45, 2.75) is 0 Å². The van der Waals surface area contributed by atoms with E-state index in [1.165, 1.54) is 0 Å². The Bertz CT molecular complexity index is 2540. The molecule has 1 unspecified atom stereocenters. The van der Waals surface area contributed by atoms with Crippen molar-refractivity contribution in [3.05, 3.63) is 188 Å². The Morgan fingerprint density at radius 3 is 1.38 bits per heavy atom. The van der Waals surface area contributed by atoms with E-state index in [0.29, 0.717) is 0 Å². The molecule has 7 aromatic carbocycles. The van der Waals surface area contributed by atoms with Crippen molar-refractivity contribution in [2.75, 3.05) is 0 Å². The summed E-state index contributed by atoms with van der Waals surface area (Å²) in [5.74, 6) is 1.71. The van der Waals surface area contributed by atoms with Gasteiger partial charge in [0, 0.05) is 34.6 Å². The van der Waals surface area contributed by atoms with Crippen LogP contribution in [0, 0.1) is 0 Å². The van der Waals surface area contributed by atoms with E-state index in [1.807, 2.05) is 24.3 Å². The molecule has 0 aliphatic rings. The van der Waals surface area contributed by atoms with Gasteiger partial charge in [-0.15, -0.1) is 4.68 Å². The first kappa shape index (κ1) is 33.1. The van der Waals surface area contributed by atoms with Crippen LogP contribution in [0.25, 0.3) is 78.5 Å². The first-order valence-corrected chi connectivity index (χ1v) is 17.1. The molecule has 1 radical (unpaired) electrons. The quantitative estimate of drug-likeness (QED) is 0.0951. The molecule has 3 heterocycles. The number of para-hydroxylation sites is 8. The number of fused-ring (bicyclic) bond motifs is 3. The van der Waals surface area contributed by atoms with Crippen molar-refractivity contribution in [1.29, 1.82) is 1.28 Å². The number of nitrogens with zero attached hydrogens (tertiary/aromatic N) is 6. The Morgan fingerprint density at radius 2 is 0.868 bits per heavy atom. The molecule has 255 valence electrons. The molecule has 8 heteroatoms. The Balaban J connectivity index is 0.00000136. The maximum atomic E-state index is 5.67. The smallest absolute Gasteiger partial charge is 0.237 e. The second kappa shape index (κ2) is 14.4. The van der Waals surface area contributed by atoms with Gasteiger partial charge >= 0.3 is 26.2 Å². The molecule has 0 spiro atoms. The number of hydrogen-bond donors (Lipinski definition) is 0. The summed E-state index contributed by atoms with van der Waals surface area (Å²) in [5.41, 5.74) is 11.2. The molecule has 53 heavy (non-hydrogen) atoms. The standard InChI is InChI=1S/C45H31N6.Bi.H3P.2H/c1-4-17-35(18-5-1)49-42-26-14-11-23-39(42)46-44(49)33-28-34(45-47-40-24-12-15-27-43(40)50(45)36-19-6-2-7-20-36)30-38(29-33)48-31-32-16-10-13-25-41(32)51(48)37-21-8-3-9-22-37;;;;/h1-31H;;1H3;;/q+1;;;;/i;;1T;;. The van der Waals surface area contributed by atoms with Crippen LogP contribution in [0.5, 0.6) is 0 Å². The van der Waals surface area contributed by atoms with E-state index in [2.05, 4.69) is 182 Å². The predicted octanol–water partition coefficient (Wildman–Crippen LogP) is 9.06. The van der Waals surface area contributed by atoms with Crippen molar-refractivity contribution in [1.82, 2.24) is 23.8 Å². The predicted molar refractivity (Wildman–Crippen MR) is 225 cm³/mol. The van der Waals surface area contributed by atoms with E-state index in [9.17, 15) is 0 Å². The van der Waals surface area contributed by atoms with E-state index in [-0.39, 0.29) is 26.2 Å². The van der Waals surface area contributed by atoms with Crippen LogP contribution in [0.15, 0.2) is 188 Å². The third-order valence-electron chi connectivity index (χ3n) is 9.49. The number of benzene rings is 7. The fourth-order valence-corrected chi connectivity index (χ4v) is 7.24. The molecule has 6 nitrogen and oxygen atoms in total. The molecule has 10 rings (SSSR count). The van der Waals surface area contributed by atoms with Gasteiger partial charge in [-0.05, 0) is 78.9 Å². The Kier molecular flexibility index (Phi) is 8.97. The Morgan fingerprint density at radius 1 is 0.453 bits per heavy atom. The largest absolute Gasteiger partial charge is 0.292 e. The zero-order valence-electron chi connectivity index (χ0n) is 29.7. The minimum absolute atomic E-state index is 0. The van der Waals surface area contributed by atoms with Gasteiger partial charge in [0.05, 0.1) is 28.7 Å². The van der Waals surface area contributed by atoms with Crippen LogP contribution >= 0.6 is 9.84 Å². The van der Waals surface area contributed by atoms with Gasteiger partial charge in [0.15, 0.2) is 0 Å². The normalized spacial score (nSPS) is 11.2. The van der Waals surface area contributed by atoms with Gasteiger partial charge in [-0.2, -0.15) is 9.84 Å². The van der Waals surface area contributed by atoms with E-state index < -0.39 is 0 Å². The molecular formula is C45H36BiN6P+. The average molecular weight is 903 g/mol. The molecule has 3 aromatic heterocycles. The maximum absolute atomic E-state index is 5.67. The molecule has 0 bridgehead atoms. The minimum Gasteiger partial charge on any atom is -0.292 e. The van der Waals surface area contributed by atoms with Crippen molar-refractivity contribution < 1.29 is 4.68 Å². The number of rotatable bonds is 6. The Labute approximate surface area is 330 Å². The fraction of sp³-hybridized carbons (Fsp3) is 0. The minimum atomic E-state index is 0. The third-order valence-corrected chi connectivity index (χ3v) is 9.49. The van der Waals surface area contributed by atoms with Gasteiger partial charge in [-0.1, -0.05) is 95.7 Å². The van der Waals surface area contributed by atoms with Crippen molar-refractivity contribution in [3.63, 3.8) is 0 Å². The first-order valence-electron chi connectivity index (χ1n) is 17.7. The topological polar surface area (TPSA) is 44.5 Å². The third kappa shape index (κ3) is 5.97. The van der Waals surface area contributed by atoms with Crippen molar-refractivity contribution in [3.8, 4) is 45.5 Å². The second-order valence-corrected chi connectivity index (χ2v) is 12.6. The van der Waals surface area contributed by atoms with Gasteiger partial charge in [0.25, 0.3) is 0 Å². The second-order valence-electron chi connectivity index (χ2n) is 12.6. The zero-order chi connectivity index (χ0) is 35.7. The Hall–Kier alpha value is -5.74. The van der Waals surface area contributed by atoms with Gasteiger partial charge < -0.3 is 0 Å². The molecule has 0 aliphatic heterocycles. The van der Waals surface area contributed by atoms with Crippen LogP contribution in [-0.2, 0) is 0 Å². The van der Waals surface area contributed by atoms with Gasteiger partial charge in [0.2, 0.25) is 11.9 Å². The summed E-state index contributed by atoms with van der Waals surface area (Å²) in [6.07, 6.45) is 2.21. The maximum Gasteiger partial charge on any atom is 0.237 e. The summed E-state index contributed by atoms with van der Waals surface area (Å²) < 4.78 is 14.7. The summed E-state index contributed by atoms with van der Waals surface area (Å²) in [4.78, 5) is 10.6. The molecule has 1 atom stereocenters. The van der Waals surface area contributed by atoms with Crippen LogP contribution in [0.4, 0.5) is 0 Å². The van der Waals surface area contributed by atoms with Gasteiger partial charge in [-0.25, -0.2) is 9.97 Å². The van der Waals surface area contributed by atoms with Crippen LogP contribution in [-0.4, -0.2) is 51.3 Å². The molecule has 0 saturated heterocycles. The summed E-state index contributed by atoms with van der Waals surface area (Å²) in [7, 11) is 1.67. The molecule has 0 aliphatic carbocycles.